The molecule has 0 radical (unpaired) electrons. The van der Waals surface area contributed by atoms with Crippen molar-refractivity contribution >= 4 is 21.7 Å². The Morgan fingerprint density at radius 3 is 2.41 bits per heavy atom. The van der Waals surface area contributed by atoms with Crippen LogP contribution < -0.4 is 11.1 Å². The number of hydrogen-bond acceptors (Lipinski definition) is 3. The Kier molecular flexibility index (Phi) is 6.98. The number of benzene rings is 2. The lowest BCUT2D eigenvalue weighted by Crippen LogP contribution is -2.33. The van der Waals surface area contributed by atoms with E-state index in [1.807, 2.05) is 32.0 Å². The normalized spacial score (nSPS) is 12.6. The fourth-order valence-corrected chi connectivity index (χ4v) is 3.81. The summed E-state index contributed by atoms with van der Waals surface area (Å²) in [6.45, 7) is 6.14. The predicted molar refractivity (Wildman–Crippen MR) is 111 cm³/mol. The van der Waals surface area contributed by atoms with E-state index in [2.05, 4.69) is 23.3 Å². The average Bonchev–Trinajstić information content (AvgIpc) is 2.66. The smallest absolute Gasteiger partial charge is 0.243 e. The van der Waals surface area contributed by atoms with E-state index in [0.717, 1.165) is 17.7 Å². The zero-order chi connectivity index (χ0) is 20.0. The van der Waals surface area contributed by atoms with Crippen LogP contribution in [0.2, 0.25) is 0 Å². The number of rotatable bonds is 7. The van der Waals surface area contributed by atoms with Gasteiger partial charge in [-0.05, 0) is 55.7 Å². The number of hydrogen-bond donors (Lipinski definition) is 2. The minimum absolute atomic E-state index is 0.101. The quantitative estimate of drug-likeness (QED) is 0.563. The molecule has 146 valence electrons. The number of nitrogens with zero attached hydrogens (tertiary/aromatic N) is 2. The van der Waals surface area contributed by atoms with E-state index in [1.54, 1.807) is 31.3 Å². The van der Waals surface area contributed by atoms with Crippen LogP contribution in [0.3, 0.4) is 0 Å². The lowest BCUT2D eigenvalue weighted by atomic mass is 10.1. The molecule has 0 heterocycles. The van der Waals surface area contributed by atoms with Crippen LogP contribution in [-0.4, -0.2) is 31.8 Å². The first-order valence-electron chi connectivity index (χ1n) is 8.97. The van der Waals surface area contributed by atoms with Crippen LogP contribution in [0.4, 0.5) is 5.69 Å². The highest BCUT2D eigenvalue weighted by molar-refractivity contribution is 7.89. The molecule has 0 saturated carbocycles. The van der Waals surface area contributed by atoms with Crippen LogP contribution in [0.15, 0.2) is 58.4 Å². The average molecular weight is 389 g/mol. The Morgan fingerprint density at radius 2 is 1.81 bits per heavy atom. The highest BCUT2D eigenvalue weighted by Gasteiger charge is 2.22. The van der Waals surface area contributed by atoms with E-state index in [1.165, 1.54) is 9.87 Å². The molecule has 0 bridgehead atoms. The third kappa shape index (κ3) is 5.55. The fourth-order valence-electron chi connectivity index (χ4n) is 2.44. The van der Waals surface area contributed by atoms with Crippen molar-refractivity contribution in [1.29, 1.82) is 0 Å². The van der Waals surface area contributed by atoms with Crippen molar-refractivity contribution < 1.29 is 8.42 Å². The van der Waals surface area contributed by atoms with E-state index >= 15 is 0 Å². The highest BCUT2D eigenvalue weighted by Crippen LogP contribution is 2.17. The Labute approximate surface area is 162 Å². The van der Waals surface area contributed by atoms with Gasteiger partial charge in [0.1, 0.15) is 0 Å². The van der Waals surface area contributed by atoms with Crippen molar-refractivity contribution in [3.63, 3.8) is 0 Å². The molecule has 0 aliphatic heterocycles. The summed E-state index contributed by atoms with van der Waals surface area (Å²) in [5, 5.41) is 3.08. The van der Waals surface area contributed by atoms with Crippen LogP contribution in [0.5, 0.6) is 0 Å². The van der Waals surface area contributed by atoms with Gasteiger partial charge in [-0.25, -0.2) is 13.4 Å². The monoisotopic (exact) mass is 388 g/mol. The zero-order valence-electron chi connectivity index (χ0n) is 16.3. The maximum Gasteiger partial charge on any atom is 0.243 e. The number of anilines is 1. The number of aliphatic imine (C=N–C) groups is 1. The van der Waals surface area contributed by atoms with E-state index < -0.39 is 10.0 Å². The summed E-state index contributed by atoms with van der Waals surface area (Å²) in [5.74, 6) is 0.319. The summed E-state index contributed by atoms with van der Waals surface area (Å²) >= 11 is 0. The van der Waals surface area contributed by atoms with Crippen molar-refractivity contribution in [3.8, 4) is 0 Å². The number of guanidine groups is 1. The van der Waals surface area contributed by atoms with Crippen molar-refractivity contribution in [2.24, 2.45) is 10.7 Å². The molecule has 0 unspecified atom stereocenters. The Hall–Kier alpha value is -2.38. The van der Waals surface area contributed by atoms with Gasteiger partial charge in [0.15, 0.2) is 5.96 Å². The maximum absolute atomic E-state index is 12.5. The zero-order valence-corrected chi connectivity index (χ0v) is 17.1. The van der Waals surface area contributed by atoms with Gasteiger partial charge in [0, 0.05) is 18.8 Å². The predicted octanol–water partition coefficient (Wildman–Crippen LogP) is 3.20. The first-order valence-corrected chi connectivity index (χ1v) is 10.4. The number of aryl methyl sites for hydroxylation is 1. The van der Waals surface area contributed by atoms with Gasteiger partial charge in [0.2, 0.25) is 10.0 Å². The molecule has 0 aromatic heterocycles. The molecular formula is C20H28N4O2S. The second-order valence-corrected chi connectivity index (χ2v) is 8.64. The molecule has 2 aromatic carbocycles. The molecule has 27 heavy (non-hydrogen) atoms. The molecule has 0 amide bonds. The van der Waals surface area contributed by atoms with Gasteiger partial charge in [-0.2, -0.15) is 4.31 Å². The van der Waals surface area contributed by atoms with Crippen molar-refractivity contribution in [2.45, 2.75) is 44.7 Å². The largest absolute Gasteiger partial charge is 0.370 e. The molecule has 2 aromatic rings. The Bertz CT molecular complexity index is 890. The molecule has 2 rings (SSSR count). The second-order valence-electron chi connectivity index (χ2n) is 6.64. The van der Waals surface area contributed by atoms with Gasteiger partial charge < -0.3 is 11.1 Å². The van der Waals surface area contributed by atoms with Gasteiger partial charge in [-0.3, -0.25) is 0 Å². The maximum atomic E-state index is 12.5. The van der Waals surface area contributed by atoms with Crippen LogP contribution in [0, 0.1) is 0 Å². The molecule has 6 nitrogen and oxygen atoms in total. The van der Waals surface area contributed by atoms with E-state index in [-0.39, 0.29) is 10.9 Å². The summed E-state index contributed by atoms with van der Waals surface area (Å²) in [7, 11) is -1.89. The molecule has 0 aliphatic rings. The van der Waals surface area contributed by atoms with Crippen LogP contribution in [0.25, 0.3) is 0 Å². The number of nitrogens with two attached hydrogens (primary N) is 1. The molecule has 3 N–H and O–H groups in total. The SMILES string of the molecule is CCc1cccc(NC(N)=NCc2ccc(S(=O)(=O)N(C)C(C)C)cc2)c1. The molecule has 0 fully saturated rings. The summed E-state index contributed by atoms with van der Waals surface area (Å²) in [6, 6.07) is 14.6. The van der Waals surface area contributed by atoms with Crippen molar-refractivity contribution in [3.05, 3.63) is 59.7 Å². The molecular weight excluding hydrogens is 360 g/mol. The molecule has 7 heteroatoms. The van der Waals surface area contributed by atoms with Gasteiger partial charge >= 0.3 is 0 Å². The van der Waals surface area contributed by atoms with Gasteiger partial charge in [0.05, 0.1) is 11.4 Å². The highest BCUT2D eigenvalue weighted by atomic mass is 32.2. The number of sulfonamides is 1. The van der Waals surface area contributed by atoms with E-state index in [4.69, 9.17) is 5.73 Å². The van der Waals surface area contributed by atoms with Crippen LogP contribution >= 0.6 is 0 Å². The topological polar surface area (TPSA) is 87.8 Å². The summed E-state index contributed by atoms with van der Waals surface area (Å²) < 4.78 is 26.3. The standard InChI is InChI=1S/C20H28N4O2S/c1-5-16-7-6-8-18(13-16)23-20(21)22-14-17-9-11-19(12-10-17)27(25,26)24(4)15(2)3/h6-13,15H,5,14H2,1-4H3,(H3,21,22,23). The summed E-state index contributed by atoms with van der Waals surface area (Å²) in [5.41, 5.74) is 8.95. The van der Waals surface area contributed by atoms with Gasteiger partial charge in [0.25, 0.3) is 0 Å². The Morgan fingerprint density at radius 1 is 1.15 bits per heavy atom. The van der Waals surface area contributed by atoms with Crippen LogP contribution in [0.1, 0.15) is 31.9 Å². The third-order valence-corrected chi connectivity index (χ3v) is 6.41. The van der Waals surface area contributed by atoms with Crippen molar-refractivity contribution in [1.82, 2.24) is 4.31 Å². The Balaban J connectivity index is 2.04. The minimum atomic E-state index is -3.47. The fraction of sp³-hybridized carbons (Fsp3) is 0.350. The molecule has 0 saturated heterocycles. The lowest BCUT2D eigenvalue weighted by Gasteiger charge is -2.21. The van der Waals surface area contributed by atoms with Crippen LogP contribution in [-0.2, 0) is 23.0 Å². The number of nitrogens with one attached hydrogen (secondary N) is 1. The van der Waals surface area contributed by atoms with E-state index in [0.29, 0.717) is 12.5 Å². The lowest BCUT2D eigenvalue weighted by molar-refractivity contribution is 0.410. The second kappa shape index (κ2) is 9.01. The first kappa shape index (κ1) is 20.9. The van der Waals surface area contributed by atoms with Crippen molar-refractivity contribution in [2.75, 3.05) is 12.4 Å². The summed E-state index contributed by atoms with van der Waals surface area (Å²) in [4.78, 5) is 4.60. The molecule has 0 atom stereocenters. The van der Waals surface area contributed by atoms with E-state index in [9.17, 15) is 8.42 Å². The van der Waals surface area contributed by atoms with Gasteiger partial charge in [-0.15, -0.1) is 0 Å². The van der Waals surface area contributed by atoms with Gasteiger partial charge in [-0.1, -0.05) is 31.2 Å². The molecule has 0 spiro atoms. The first-order chi connectivity index (χ1) is 12.7. The summed E-state index contributed by atoms with van der Waals surface area (Å²) in [6.07, 6.45) is 0.952. The minimum Gasteiger partial charge on any atom is -0.370 e. The molecule has 0 aliphatic carbocycles. The third-order valence-electron chi connectivity index (χ3n) is 4.37.